The van der Waals surface area contributed by atoms with E-state index in [1.54, 1.807) is 7.11 Å². The number of carbonyl (C=O) groups excluding carboxylic acids is 1. The Bertz CT molecular complexity index is 502. The number of rotatable bonds is 3. The highest BCUT2D eigenvalue weighted by atomic mass is 16.5. The Morgan fingerprint density at radius 2 is 2.06 bits per heavy atom. The van der Waals surface area contributed by atoms with Gasteiger partial charge in [0.1, 0.15) is 17.3 Å². The summed E-state index contributed by atoms with van der Waals surface area (Å²) < 4.78 is 5.04. The number of nitrogens with one attached hydrogen (secondary N) is 1. The zero-order valence-electron chi connectivity index (χ0n) is 8.73. The Balaban J connectivity index is 2.31. The number of nitrogens with zero attached hydrogens (tertiary/aromatic N) is 1. The van der Waals surface area contributed by atoms with Crippen LogP contribution in [0.1, 0.15) is 10.5 Å². The normalized spacial score (nSPS) is 10.1. The van der Waals surface area contributed by atoms with Gasteiger partial charge in [0.25, 0.3) is 5.91 Å². The second kappa shape index (κ2) is 4.06. The number of carbonyl (C=O) groups is 1. The largest absolute Gasteiger partial charge is 0.497 e. The lowest BCUT2D eigenvalue weighted by Gasteiger charge is -2.00. The van der Waals surface area contributed by atoms with E-state index in [4.69, 9.17) is 10.5 Å². The van der Waals surface area contributed by atoms with E-state index in [-0.39, 0.29) is 5.69 Å². The number of aromatic nitrogens is 2. The number of amides is 1. The van der Waals surface area contributed by atoms with E-state index in [9.17, 15) is 4.79 Å². The molecule has 0 unspecified atom stereocenters. The molecule has 1 amide bonds. The highest BCUT2D eigenvalue weighted by Gasteiger charge is 2.07. The van der Waals surface area contributed by atoms with Crippen molar-refractivity contribution in [2.45, 2.75) is 0 Å². The summed E-state index contributed by atoms with van der Waals surface area (Å²) in [6, 6.07) is 7.34. The number of hydrogen-bond acceptors (Lipinski definition) is 3. The number of benzene rings is 1. The molecule has 5 nitrogen and oxygen atoms in total. The number of primary amides is 1. The molecule has 2 aromatic rings. The lowest BCUT2D eigenvalue weighted by molar-refractivity contribution is 0.0996. The van der Waals surface area contributed by atoms with Gasteiger partial charge in [-0.3, -0.25) is 4.79 Å². The fourth-order valence-corrected chi connectivity index (χ4v) is 1.34. The molecule has 3 N–H and O–H groups in total. The van der Waals surface area contributed by atoms with Gasteiger partial charge in [0.05, 0.1) is 7.11 Å². The average Bonchev–Trinajstić information content (AvgIpc) is 2.78. The number of H-pyrrole nitrogens is 1. The predicted molar refractivity (Wildman–Crippen MR) is 59.1 cm³/mol. The highest BCUT2D eigenvalue weighted by Crippen LogP contribution is 2.19. The van der Waals surface area contributed by atoms with Crippen LogP contribution in [0, 0.1) is 0 Å². The summed E-state index contributed by atoms with van der Waals surface area (Å²) in [6.07, 6.45) is 1.49. The molecule has 0 atom stereocenters. The van der Waals surface area contributed by atoms with E-state index in [2.05, 4.69) is 9.97 Å². The van der Waals surface area contributed by atoms with Crippen LogP contribution in [0.5, 0.6) is 5.75 Å². The van der Waals surface area contributed by atoms with Gasteiger partial charge in [0.2, 0.25) is 0 Å². The smallest absolute Gasteiger partial charge is 0.268 e. The molecule has 0 fully saturated rings. The molecule has 0 radical (unpaired) electrons. The third-order valence-electron chi connectivity index (χ3n) is 2.19. The first-order valence-electron chi connectivity index (χ1n) is 4.70. The second-order valence-corrected chi connectivity index (χ2v) is 3.23. The van der Waals surface area contributed by atoms with Crippen LogP contribution in [-0.4, -0.2) is 23.0 Å². The summed E-state index contributed by atoms with van der Waals surface area (Å²) in [5.74, 6) is 0.831. The number of methoxy groups -OCH3 is 1. The Labute approximate surface area is 92.3 Å². The first-order chi connectivity index (χ1) is 7.70. The number of aromatic amines is 1. The van der Waals surface area contributed by atoms with Gasteiger partial charge in [0.15, 0.2) is 0 Å². The van der Waals surface area contributed by atoms with E-state index < -0.39 is 5.91 Å². The molecule has 0 aliphatic carbocycles. The first kappa shape index (κ1) is 10.2. The molecule has 1 aromatic carbocycles. The van der Waals surface area contributed by atoms with Gasteiger partial charge in [-0.15, -0.1) is 0 Å². The second-order valence-electron chi connectivity index (χ2n) is 3.23. The van der Waals surface area contributed by atoms with E-state index in [1.165, 1.54) is 6.20 Å². The third-order valence-corrected chi connectivity index (χ3v) is 2.19. The zero-order valence-corrected chi connectivity index (χ0v) is 8.73. The molecule has 0 spiro atoms. The number of ether oxygens (including phenoxy) is 1. The van der Waals surface area contributed by atoms with Crippen molar-refractivity contribution in [3.05, 3.63) is 36.2 Å². The fraction of sp³-hybridized carbons (Fsp3) is 0.0909. The minimum Gasteiger partial charge on any atom is -0.497 e. The van der Waals surface area contributed by atoms with Crippen LogP contribution >= 0.6 is 0 Å². The lowest BCUT2D eigenvalue weighted by Crippen LogP contribution is -2.10. The van der Waals surface area contributed by atoms with Crippen molar-refractivity contribution in [1.82, 2.24) is 9.97 Å². The van der Waals surface area contributed by atoms with Crippen LogP contribution in [0.15, 0.2) is 30.5 Å². The van der Waals surface area contributed by atoms with Crippen molar-refractivity contribution in [2.24, 2.45) is 5.73 Å². The predicted octanol–water partition coefficient (Wildman–Crippen LogP) is 1.18. The van der Waals surface area contributed by atoms with Crippen LogP contribution in [-0.2, 0) is 0 Å². The van der Waals surface area contributed by atoms with Gasteiger partial charge >= 0.3 is 0 Å². The van der Waals surface area contributed by atoms with Crippen molar-refractivity contribution in [2.75, 3.05) is 7.11 Å². The molecule has 1 aromatic heterocycles. The summed E-state index contributed by atoms with van der Waals surface area (Å²) in [5, 5.41) is 0. The molecule has 0 saturated carbocycles. The quantitative estimate of drug-likeness (QED) is 0.810. The van der Waals surface area contributed by atoms with E-state index in [0.717, 1.165) is 11.3 Å². The van der Waals surface area contributed by atoms with Crippen molar-refractivity contribution in [3.8, 4) is 17.1 Å². The molecule has 5 heteroatoms. The summed E-state index contributed by atoms with van der Waals surface area (Å²) in [4.78, 5) is 17.8. The highest BCUT2D eigenvalue weighted by molar-refractivity contribution is 5.91. The van der Waals surface area contributed by atoms with Gasteiger partial charge in [-0.05, 0) is 24.3 Å². The fourth-order valence-electron chi connectivity index (χ4n) is 1.34. The number of hydrogen-bond donors (Lipinski definition) is 2. The van der Waals surface area contributed by atoms with Crippen LogP contribution in [0.2, 0.25) is 0 Å². The topological polar surface area (TPSA) is 81.0 Å². The van der Waals surface area contributed by atoms with E-state index in [1.807, 2.05) is 24.3 Å². The molecule has 0 aliphatic heterocycles. The van der Waals surface area contributed by atoms with Gasteiger partial charge in [-0.25, -0.2) is 4.98 Å². The molecule has 82 valence electrons. The van der Waals surface area contributed by atoms with Crippen LogP contribution in [0.4, 0.5) is 0 Å². The summed E-state index contributed by atoms with van der Waals surface area (Å²) in [7, 11) is 1.60. The van der Waals surface area contributed by atoms with E-state index in [0.29, 0.717) is 5.82 Å². The van der Waals surface area contributed by atoms with Gasteiger partial charge < -0.3 is 15.5 Å². The maximum atomic E-state index is 10.9. The third kappa shape index (κ3) is 1.88. The van der Waals surface area contributed by atoms with Crippen LogP contribution in [0.3, 0.4) is 0 Å². The Hall–Kier alpha value is -2.30. The van der Waals surface area contributed by atoms with Crippen molar-refractivity contribution < 1.29 is 9.53 Å². The standard InChI is InChI=1S/C11H11N3O2/c1-16-8-4-2-7(3-5-8)11-13-6-9(14-11)10(12)15/h2-6H,1H3,(H2,12,15)(H,13,14). The minimum atomic E-state index is -0.545. The Kier molecular flexibility index (Phi) is 2.59. The molecule has 1 heterocycles. The first-order valence-corrected chi connectivity index (χ1v) is 4.70. The molecular formula is C11H11N3O2. The number of imidazole rings is 1. The molecule has 0 aliphatic rings. The molecule has 2 rings (SSSR count). The Morgan fingerprint density at radius 3 is 2.56 bits per heavy atom. The van der Waals surface area contributed by atoms with Gasteiger partial charge in [0, 0.05) is 11.8 Å². The van der Waals surface area contributed by atoms with E-state index >= 15 is 0 Å². The summed E-state index contributed by atoms with van der Waals surface area (Å²) in [5.41, 5.74) is 6.21. The van der Waals surface area contributed by atoms with Gasteiger partial charge in [-0.1, -0.05) is 0 Å². The zero-order chi connectivity index (χ0) is 11.5. The summed E-state index contributed by atoms with van der Waals surface area (Å²) in [6.45, 7) is 0. The molecule has 0 saturated heterocycles. The monoisotopic (exact) mass is 217 g/mol. The molecular weight excluding hydrogens is 206 g/mol. The summed E-state index contributed by atoms with van der Waals surface area (Å²) >= 11 is 0. The van der Waals surface area contributed by atoms with Crippen molar-refractivity contribution >= 4 is 5.91 Å². The SMILES string of the molecule is COc1ccc(-c2nc(C(N)=O)c[nH]2)cc1. The minimum absolute atomic E-state index is 0.228. The molecule has 0 bridgehead atoms. The van der Waals surface area contributed by atoms with Crippen LogP contribution < -0.4 is 10.5 Å². The Morgan fingerprint density at radius 1 is 1.38 bits per heavy atom. The number of nitrogens with two attached hydrogens (primary N) is 1. The van der Waals surface area contributed by atoms with Crippen molar-refractivity contribution in [3.63, 3.8) is 0 Å². The maximum absolute atomic E-state index is 10.9. The average molecular weight is 217 g/mol. The van der Waals surface area contributed by atoms with Gasteiger partial charge in [-0.2, -0.15) is 0 Å². The lowest BCUT2D eigenvalue weighted by atomic mass is 10.2. The molecule has 16 heavy (non-hydrogen) atoms. The maximum Gasteiger partial charge on any atom is 0.268 e. The van der Waals surface area contributed by atoms with Crippen molar-refractivity contribution in [1.29, 1.82) is 0 Å². The van der Waals surface area contributed by atoms with Crippen LogP contribution in [0.25, 0.3) is 11.4 Å².